The zero-order valence-electron chi connectivity index (χ0n) is 12.1. The van der Waals surface area contributed by atoms with E-state index in [1.807, 2.05) is 11.5 Å². The average molecular weight is 307 g/mol. The van der Waals surface area contributed by atoms with Crippen LogP contribution in [0, 0.1) is 13.8 Å². The van der Waals surface area contributed by atoms with Crippen LogP contribution in [0.1, 0.15) is 27.3 Å². The number of hydrogen-bond acceptors (Lipinski definition) is 3. The highest BCUT2D eigenvalue weighted by Gasteiger charge is 2.15. The number of benzene rings is 1. The molecule has 0 saturated carbocycles. The molecule has 1 aromatic heterocycles. The molecule has 0 radical (unpaired) electrons. The van der Waals surface area contributed by atoms with Crippen LogP contribution in [0.15, 0.2) is 35.2 Å². The van der Waals surface area contributed by atoms with Crippen LogP contribution in [0.25, 0.3) is 0 Å². The molecule has 6 heteroatoms. The molecule has 112 valence electrons. The molecule has 0 saturated heterocycles. The Hall–Kier alpha value is -2.08. The summed E-state index contributed by atoms with van der Waals surface area (Å²) in [6.45, 7) is 4.13. The molecule has 1 N–H and O–H groups in total. The van der Waals surface area contributed by atoms with Crippen molar-refractivity contribution in [1.82, 2.24) is 4.57 Å². The minimum absolute atomic E-state index is 0.276. The highest BCUT2D eigenvalue weighted by molar-refractivity contribution is 7.90. The predicted octanol–water partition coefficient (Wildman–Crippen LogP) is 2.25. The van der Waals surface area contributed by atoms with Gasteiger partial charge < -0.3 is 9.67 Å². The van der Waals surface area contributed by atoms with Crippen LogP contribution in [0.4, 0.5) is 0 Å². The Bertz CT molecular complexity index is 786. The van der Waals surface area contributed by atoms with Gasteiger partial charge in [0.05, 0.1) is 10.5 Å². The van der Waals surface area contributed by atoms with Crippen molar-refractivity contribution in [2.75, 3.05) is 6.26 Å². The maximum absolute atomic E-state index is 11.4. The Morgan fingerprint density at radius 3 is 2.19 bits per heavy atom. The van der Waals surface area contributed by atoms with Crippen molar-refractivity contribution in [2.45, 2.75) is 25.3 Å². The summed E-state index contributed by atoms with van der Waals surface area (Å²) in [6.07, 6.45) is 1.17. The molecule has 0 atom stereocenters. The molecule has 0 unspecified atom stereocenters. The topological polar surface area (TPSA) is 76.4 Å². The summed E-state index contributed by atoms with van der Waals surface area (Å²) >= 11 is 0. The van der Waals surface area contributed by atoms with Crippen molar-refractivity contribution in [2.24, 2.45) is 0 Å². The number of hydrogen-bond donors (Lipinski definition) is 1. The number of aromatic nitrogens is 1. The summed E-state index contributed by atoms with van der Waals surface area (Å²) < 4.78 is 24.7. The lowest BCUT2D eigenvalue weighted by Gasteiger charge is -2.10. The van der Waals surface area contributed by atoms with Crippen LogP contribution < -0.4 is 0 Å². The molecular weight excluding hydrogens is 290 g/mol. The molecule has 0 amide bonds. The van der Waals surface area contributed by atoms with Crippen molar-refractivity contribution >= 4 is 15.8 Å². The highest BCUT2D eigenvalue weighted by Crippen LogP contribution is 2.18. The first-order chi connectivity index (χ1) is 9.70. The second-order valence-electron chi connectivity index (χ2n) is 5.09. The normalized spacial score (nSPS) is 11.6. The third-order valence-electron chi connectivity index (χ3n) is 3.50. The Morgan fingerprint density at radius 1 is 1.19 bits per heavy atom. The van der Waals surface area contributed by atoms with E-state index in [-0.39, 0.29) is 4.90 Å². The molecule has 21 heavy (non-hydrogen) atoms. The molecule has 0 fully saturated rings. The molecule has 2 rings (SSSR count). The first kappa shape index (κ1) is 15.3. The molecule has 1 aromatic carbocycles. The lowest BCUT2D eigenvalue weighted by molar-refractivity contribution is 0.0696. The molecule has 1 heterocycles. The lowest BCUT2D eigenvalue weighted by atomic mass is 10.2. The molecule has 2 aromatic rings. The summed E-state index contributed by atoms with van der Waals surface area (Å²) in [5.41, 5.74) is 2.76. The van der Waals surface area contributed by atoms with Gasteiger partial charge in [0.1, 0.15) is 0 Å². The molecule has 0 aliphatic rings. The van der Waals surface area contributed by atoms with Crippen LogP contribution in [0.3, 0.4) is 0 Å². The minimum atomic E-state index is -3.20. The number of aryl methyl sites for hydroxylation is 1. The Morgan fingerprint density at radius 2 is 1.76 bits per heavy atom. The zero-order valence-corrected chi connectivity index (χ0v) is 12.9. The van der Waals surface area contributed by atoms with Crippen molar-refractivity contribution in [1.29, 1.82) is 0 Å². The van der Waals surface area contributed by atoms with Gasteiger partial charge in [0, 0.05) is 24.2 Å². The van der Waals surface area contributed by atoms with Gasteiger partial charge in [-0.25, -0.2) is 13.2 Å². The van der Waals surface area contributed by atoms with Gasteiger partial charge in [-0.15, -0.1) is 0 Å². The molecule has 5 nitrogen and oxygen atoms in total. The minimum Gasteiger partial charge on any atom is -0.478 e. The van der Waals surface area contributed by atoms with Crippen LogP contribution in [-0.2, 0) is 16.4 Å². The van der Waals surface area contributed by atoms with E-state index < -0.39 is 15.8 Å². The smallest absolute Gasteiger partial charge is 0.337 e. The van der Waals surface area contributed by atoms with E-state index in [2.05, 4.69) is 0 Å². The fourth-order valence-electron chi connectivity index (χ4n) is 2.29. The summed E-state index contributed by atoms with van der Waals surface area (Å²) in [7, 11) is -3.20. The fraction of sp³-hybridized carbons (Fsp3) is 0.267. The maximum Gasteiger partial charge on any atom is 0.337 e. The largest absolute Gasteiger partial charge is 0.478 e. The van der Waals surface area contributed by atoms with Gasteiger partial charge >= 0.3 is 5.97 Å². The van der Waals surface area contributed by atoms with E-state index in [0.29, 0.717) is 17.8 Å². The van der Waals surface area contributed by atoms with Gasteiger partial charge in [-0.3, -0.25) is 0 Å². The zero-order chi connectivity index (χ0) is 15.8. The number of nitrogens with zero attached hydrogens (tertiary/aromatic N) is 1. The molecular formula is C15H17NO4S. The Kier molecular flexibility index (Phi) is 3.91. The number of carboxylic acids is 1. The number of carbonyl (C=O) groups is 1. The second kappa shape index (κ2) is 5.37. The quantitative estimate of drug-likeness (QED) is 0.940. The molecule has 0 bridgehead atoms. The van der Waals surface area contributed by atoms with Gasteiger partial charge in [0.2, 0.25) is 0 Å². The summed E-state index contributed by atoms with van der Waals surface area (Å²) in [6, 6.07) is 8.27. The van der Waals surface area contributed by atoms with Crippen LogP contribution in [0.5, 0.6) is 0 Å². The second-order valence-corrected chi connectivity index (χ2v) is 7.11. The Labute approximate surface area is 123 Å². The van der Waals surface area contributed by atoms with E-state index in [4.69, 9.17) is 5.11 Å². The predicted molar refractivity (Wildman–Crippen MR) is 79.5 cm³/mol. The van der Waals surface area contributed by atoms with Crippen LogP contribution in [0.2, 0.25) is 0 Å². The van der Waals surface area contributed by atoms with Gasteiger partial charge in [0.15, 0.2) is 9.84 Å². The van der Waals surface area contributed by atoms with Crippen LogP contribution in [-0.4, -0.2) is 30.3 Å². The van der Waals surface area contributed by atoms with Crippen molar-refractivity contribution in [3.05, 3.63) is 52.8 Å². The fourth-order valence-corrected chi connectivity index (χ4v) is 2.92. The van der Waals surface area contributed by atoms with Gasteiger partial charge in [-0.1, -0.05) is 12.1 Å². The van der Waals surface area contributed by atoms with Crippen molar-refractivity contribution in [3.63, 3.8) is 0 Å². The number of sulfone groups is 1. The van der Waals surface area contributed by atoms with E-state index >= 15 is 0 Å². The monoisotopic (exact) mass is 307 g/mol. The molecule has 0 aliphatic heterocycles. The highest BCUT2D eigenvalue weighted by atomic mass is 32.2. The maximum atomic E-state index is 11.4. The third-order valence-corrected chi connectivity index (χ3v) is 4.62. The van der Waals surface area contributed by atoms with Gasteiger partial charge in [-0.2, -0.15) is 0 Å². The lowest BCUT2D eigenvalue weighted by Crippen LogP contribution is -2.06. The SMILES string of the molecule is Cc1cc(C(=O)O)c(C)n1Cc1ccc(S(C)(=O)=O)cc1. The number of rotatable bonds is 4. The van der Waals surface area contributed by atoms with E-state index in [9.17, 15) is 13.2 Å². The number of aromatic carboxylic acids is 1. The average Bonchev–Trinajstić information content (AvgIpc) is 2.66. The third kappa shape index (κ3) is 3.16. The van der Waals surface area contributed by atoms with Crippen molar-refractivity contribution in [3.8, 4) is 0 Å². The summed E-state index contributed by atoms with van der Waals surface area (Å²) in [5, 5.41) is 9.12. The Balaban J connectivity index is 2.33. The number of carboxylic acid groups (broad SMARTS) is 1. The van der Waals surface area contributed by atoms with Gasteiger partial charge in [0.25, 0.3) is 0 Å². The van der Waals surface area contributed by atoms with Crippen molar-refractivity contribution < 1.29 is 18.3 Å². The van der Waals surface area contributed by atoms with E-state index in [0.717, 1.165) is 11.3 Å². The molecule has 0 spiro atoms. The summed E-state index contributed by atoms with van der Waals surface area (Å²) in [4.78, 5) is 11.4. The van der Waals surface area contributed by atoms with Crippen LogP contribution >= 0.6 is 0 Å². The van der Waals surface area contributed by atoms with Gasteiger partial charge in [-0.05, 0) is 37.6 Å². The summed E-state index contributed by atoms with van der Waals surface area (Å²) in [5.74, 6) is -0.943. The standard InChI is InChI=1S/C15H17NO4S/c1-10-8-14(15(17)18)11(2)16(10)9-12-4-6-13(7-5-12)21(3,19)20/h4-8H,9H2,1-3H3,(H,17,18). The first-order valence-corrected chi connectivity index (χ1v) is 8.28. The molecule has 0 aliphatic carbocycles. The van der Waals surface area contributed by atoms with E-state index in [1.165, 1.54) is 6.26 Å². The first-order valence-electron chi connectivity index (χ1n) is 6.39. The van der Waals surface area contributed by atoms with E-state index in [1.54, 1.807) is 37.3 Å².